The molecule has 0 aliphatic carbocycles. The van der Waals surface area contributed by atoms with Crippen LogP contribution in [0.5, 0.6) is 5.75 Å². The number of anilines is 1. The number of non-ortho nitro benzene ring substituents is 1. The second-order valence-corrected chi connectivity index (χ2v) is 8.92. The molecule has 0 saturated carbocycles. The number of nitrogens with zero attached hydrogens (tertiary/aromatic N) is 3. The van der Waals surface area contributed by atoms with Gasteiger partial charge in [-0.25, -0.2) is 4.98 Å². The van der Waals surface area contributed by atoms with E-state index in [-0.39, 0.29) is 22.9 Å². The lowest BCUT2D eigenvalue weighted by molar-refractivity contribution is -0.384. The van der Waals surface area contributed by atoms with Gasteiger partial charge in [-0.05, 0) is 31.0 Å². The monoisotopic (exact) mass is 456 g/mol. The Balaban J connectivity index is 1.91. The van der Waals surface area contributed by atoms with Crippen LogP contribution in [0.3, 0.4) is 0 Å². The molecule has 1 aromatic heterocycles. The van der Waals surface area contributed by atoms with Crippen LogP contribution >= 0.6 is 11.8 Å². The van der Waals surface area contributed by atoms with Crippen molar-refractivity contribution in [2.45, 2.75) is 37.7 Å². The van der Waals surface area contributed by atoms with Gasteiger partial charge in [-0.2, -0.15) is 0 Å². The Hall–Kier alpha value is -3.40. The number of nitrogens with one attached hydrogen (secondary N) is 1. The zero-order chi connectivity index (χ0) is 23.4. The van der Waals surface area contributed by atoms with Gasteiger partial charge in [-0.15, -0.1) is 0 Å². The van der Waals surface area contributed by atoms with Gasteiger partial charge in [0.1, 0.15) is 5.75 Å². The van der Waals surface area contributed by atoms with Crippen LogP contribution in [0.1, 0.15) is 20.8 Å². The third-order valence-electron chi connectivity index (χ3n) is 4.68. The fourth-order valence-electron chi connectivity index (χ4n) is 3.12. The van der Waals surface area contributed by atoms with Crippen LogP contribution in [0.15, 0.2) is 52.4 Å². The van der Waals surface area contributed by atoms with Crippen molar-refractivity contribution >= 4 is 39.9 Å². The lowest BCUT2D eigenvalue weighted by Gasteiger charge is -2.18. The number of nitro groups is 1. The number of hydrogen-bond acceptors (Lipinski definition) is 7. The molecule has 32 heavy (non-hydrogen) atoms. The summed E-state index contributed by atoms with van der Waals surface area (Å²) < 4.78 is 6.80. The molecule has 0 aliphatic heterocycles. The average Bonchev–Trinajstić information content (AvgIpc) is 2.76. The molecule has 0 aliphatic rings. The molecule has 0 saturated heterocycles. The molecule has 0 bridgehead atoms. The van der Waals surface area contributed by atoms with Gasteiger partial charge < -0.3 is 10.1 Å². The maximum Gasteiger partial charge on any atom is 0.271 e. The van der Waals surface area contributed by atoms with Gasteiger partial charge >= 0.3 is 0 Å². The number of methoxy groups -OCH3 is 1. The molecule has 0 spiro atoms. The highest BCUT2D eigenvalue weighted by atomic mass is 32.2. The van der Waals surface area contributed by atoms with Gasteiger partial charge in [-0.1, -0.05) is 37.7 Å². The fourth-order valence-corrected chi connectivity index (χ4v) is 4.03. The van der Waals surface area contributed by atoms with Gasteiger partial charge in [0, 0.05) is 18.7 Å². The van der Waals surface area contributed by atoms with E-state index < -0.39 is 16.1 Å². The molecule has 0 unspecified atom stereocenters. The standard InChI is InChI=1S/C22H24N4O5S/c1-13(2)12-25-21(28)16-7-5-6-8-17(16)24-22(25)32-14(3)20(27)23-18-11-15(26(29)30)9-10-19(18)31-4/h5-11,13-14H,12H2,1-4H3,(H,23,27)/t14-/m0/s1. The number of amides is 1. The van der Waals surface area contributed by atoms with Crippen LogP contribution in [0.4, 0.5) is 11.4 Å². The van der Waals surface area contributed by atoms with Crippen molar-refractivity contribution in [3.05, 3.63) is 62.9 Å². The maximum atomic E-state index is 13.0. The number of carbonyl (C=O) groups excluding carboxylic acids is 1. The smallest absolute Gasteiger partial charge is 0.271 e. The minimum atomic E-state index is -0.634. The zero-order valence-electron chi connectivity index (χ0n) is 18.2. The first-order chi connectivity index (χ1) is 15.2. The minimum Gasteiger partial charge on any atom is -0.495 e. The van der Waals surface area contributed by atoms with Crippen molar-refractivity contribution in [1.82, 2.24) is 9.55 Å². The second kappa shape index (κ2) is 9.82. The molecule has 2 aromatic carbocycles. The van der Waals surface area contributed by atoms with Crippen molar-refractivity contribution < 1.29 is 14.5 Å². The Kier molecular flexibility index (Phi) is 7.14. The number of nitro benzene ring substituents is 1. The van der Waals surface area contributed by atoms with Gasteiger partial charge in [0.25, 0.3) is 11.2 Å². The number of fused-ring (bicyclic) bond motifs is 1. The molecule has 1 atom stereocenters. The molecule has 1 amide bonds. The Morgan fingerprint density at radius 3 is 2.62 bits per heavy atom. The number of ether oxygens (including phenoxy) is 1. The normalized spacial score (nSPS) is 12.0. The lowest BCUT2D eigenvalue weighted by atomic mass is 10.2. The van der Waals surface area contributed by atoms with Crippen LogP contribution in [0.25, 0.3) is 10.9 Å². The van der Waals surface area contributed by atoms with Crippen molar-refractivity contribution in [1.29, 1.82) is 0 Å². The summed E-state index contributed by atoms with van der Waals surface area (Å²) in [6.45, 7) is 6.15. The van der Waals surface area contributed by atoms with E-state index in [0.29, 0.717) is 28.4 Å². The number of carbonyl (C=O) groups is 1. The topological polar surface area (TPSA) is 116 Å². The SMILES string of the molecule is COc1ccc([N+](=O)[O-])cc1NC(=O)[C@H](C)Sc1nc2ccccc2c(=O)n1CC(C)C. The summed E-state index contributed by atoms with van der Waals surface area (Å²) in [5.41, 5.74) is 0.446. The predicted molar refractivity (Wildman–Crippen MR) is 124 cm³/mol. The van der Waals surface area contributed by atoms with E-state index in [4.69, 9.17) is 4.74 Å². The molecule has 0 radical (unpaired) electrons. The van der Waals surface area contributed by atoms with E-state index in [9.17, 15) is 19.7 Å². The number of rotatable bonds is 8. The van der Waals surface area contributed by atoms with Crippen LogP contribution in [-0.2, 0) is 11.3 Å². The van der Waals surface area contributed by atoms with Gasteiger partial charge in [0.05, 0.1) is 33.9 Å². The molecule has 9 nitrogen and oxygen atoms in total. The third-order valence-corrected chi connectivity index (χ3v) is 5.77. The molecular formula is C22H24N4O5S. The average molecular weight is 457 g/mol. The van der Waals surface area contributed by atoms with E-state index in [1.165, 1.54) is 25.3 Å². The second-order valence-electron chi connectivity index (χ2n) is 7.61. The van der Waals surface area contributed by atoms with Crippen LogP contribution in [-0.4, -0.2) is 32.7 Å². The minimum absolute atomic E-state index is 0.153. The van der Waals surface area contributed by atoms with Gasteiger partial charge in [0.2, 0.25) is 5.91 Å². The molecule has 0 fully saturated rings. The van der Waals surface area contributed by atoms with Crippen LogP contribution < -0.4 is 15.6 Å². The van der Waals surface area contributed by atoms with Crippen molar-refractivity contribution in [2.24, 2.45) is 5.92 Å². The first-order valence-electron chi connectivity index (χ1n) is 10.0. The largest absolute Gasteiger partial charge is 0.495 e. The third kappa shape index (κ3) is 5.08. The summed E-state index contributed by atoms with van der Waals surface area (Å²) in [7, 11) is 1.42. The summed E-state index contributed by atoms with van der Waals surface area (Å²) >= 11 is 1.16. The quantitative estimate of drug-likeness (QED) is 0.235. The summed E-state index contributed by atoms with van der Waals surface area (Å²) in [5.74, 6) is 0.113. The highest BCUT2D eigenvalue weighted by Crippen LogP contribution is 2.30. The Bertz CT molecular complexity index is 1220. The predicted octanol–water partition coefficient (Wildman–Crippen LogP) is 4.09. The molecule has 168 valence electrons. The number of para-hydroxylation sites is 1. The summed E-state index contributed by atoms with van der Waals surface area (Å²) in [5, 5.41) is 14.1. The van der Waals surface area contributed by atoms with E-state index in [1.807, 2.05) is 13.8 Å². The Labute approximate surface area is 189 Å². The number of benzene rings is 2. The first-order valence-corrected chi connectivity index (χ1v) is 10.9. The van der Waals surface area contributed by atoms with E-state index in [1.54, 1.807) is 35.8 Å². The Morgan fingerprint density at radius 2 is 1.97 bits per heavy atom. The molecular weight excluding hydrogens is 432 g/mol. The zero-order valence-corrected chi connectivity index (χ0v) is 19.0. The maximum absolute atomic E-state index is 13.0. The highest BCUT2D eigenvalue weighted by Gasteiger charge is 2.22. The van der Waals surface area contributed by atoms with E-state index >= 15 is 0 Å². The lowest BCUT2D eigenvalue weighted by Crippen LogP contribution is -2.28. The number of thioether (sulfide) groups is 1. The molecule has 3 rings (SSSR count). The van der Waals surface area contributed by atoms with Gasteiger partial charge in [0.15, 0.2) is 5.16 Å². The molecule has 1 N–H and O–H groups in total. The van der Waals surface area contributed by atoms with E-state index in [0.717, 1.165) is 11.8 Å². The molecule has 1 heterocycles. The Morgan fingerprint density at radius 1 is 1.25 bits per heavy atom. The van der Waals surface area contributed by atoms with Crippen molar-refractivity contribution in [2.75, 3.05) is 12.4 Å². The highest BCUT2D eigenvalue weighted by molar-refractivity contribution is 8.00. The van der Waals surface area contributed by atoms with Crippen LogP contribution in [0, 0.1) is 16.0 Å². The summed E-state index contributed by atoms with van der Waals surface area (Å²) in [4.78, 5) is 41.1. The van der Waals surface area contributed by atoms with Crippen molar-refractivity contribution in [3.63, 3.8) is 0 Å². The van der Waals surface area contributed by atoms with Gasteiger partial charge in [-0.3, -0.25) is 24.3 Å². The van der Waals surface area contributed by atoms with E-state index in [2.05, 4.69) is 10.3 Å². The van der Waals surface area contributed by atoms with Crippen molar-refractivity contribution in [3.8, 4) is 5.75 Å². The molecule has 3 aromatic rings. The number of hydrogen-bond donors (Lipinski definition) is 1. The van der Waals surface area contributed by atoms with Crippen LogP contribution in [0.2, 0.25) is 0 Å². The molecule has 10 heteroatoms. The summed E-state index contributed by atoms with van der Waals surface area (Å²) in [6.07, 6.45) is 0. The summed E-state index contributed by atoms with van der Waals surface area (Å²) in [6, 6.07) is 11.1. The fraction of sp³-hybridized carbons (Fsp3) is 0.318. The number of aromatic nitrogens is 2. The first kappa shape index (κ1) is 23.3.